The average Bonchev–Trinajstić information content (AvgIpc) is 2.47. The summed E-state index contributed by atoms with van der Waals surface area (Å²) in [6, 6.07) is 9.04. The molecule has 1 atom stereocenters. The largest absolute Gasteiger partial charge is 0.395 e. The highest BCUT2D eigenvalue weighted by Crippen LogP contribution is 2.19. The summed E-state index contributed by atoms with van der Waals surface area (Å²) >= 11 is 0. The Morgan fingerprint density at radius 2 is 2.16 bits per heavy atom. The van der Waals surface area contributed by atoms with Gasteiger partial charge in [0, 0.05) is 37.1 Å². The van der Waals surface area contributed by atoms with E-state index in [1.807, 2.05) is 0 Å². The van der Waals surface area contributed by atoms with Crippen LogP contribution < -0.4 is 15.5 Å². The maximum atomic E-state index is 9.04. The first kappa shape index (κ1) is 14.2. The Bertz CT molecular complexity index is 360. The zero-order valence-corrected chi connectivity index (χ0v) is 11.7. The van der Waals surface area contributed by atoms with Crippen LogP contribution in [0.2, 0.25) is 0 Å². The lowest BCUT2D eigenvalue weighted by Gasteiger charge is -2.26. The van der Waals surface area contributed by atoms with E-state index in [0.717, 1.165) is 19.6 Å². The quantitative estimate of drug-likeness (QED) is 0.731. The number of rotatable bonds is 6. The number of benzene rings is 1. The van der Waals surface area contributed by atoms with E-state index < -0.39 is 0 Å². The van der Waals surface area contributed by atoms with Crippen LogP contribution in [0.4, 0.5) is 11.4 Å². The molecule has 19 heavy (non-hydrogen) atoms. The van der Waals surface area contributed by atoms with Crippen LogP contribution in [-0.2, 0) is 0 Å². The highest BCUT2D eigenvalue weighted by molar-refractivity contribution is 5.55. The summed E-state index contributed by atoms with van der Waals surface area (Å²) in [6.45, 7) is 6.10. The molecule has 1 heterocycles. The van der Waals surface area contributed by atoms with E-state index in [1.165, 1.54) is 24.2 Å². The van der Waals surface area contributed by atoms with E-state index in [-0.39, 0.29) is 6.61 Å². The van der Waals surface area contributed by atoms with E-state index in [1.54, 1.807) is 0 Å². The highest BCUT2D eigenvalue weighted by atomic mass is 16.3. The molecule has 0 spiro atoms. The molecule has 106 valence electrons. The van der Waals surface area contributed by atoms with Gasteiger partial charge in [-0.15, -0.1) is 0 Å². The van der Waals surface area contributed by atoms with Gasteiger partial charge in [0.15, 0.2) is 0 Å². The van der Waals surface area contributed by atoms with E-state index in [0.29, 0.717) is 12.6 Å². The number of nitrogens with zero attached hydrogens (tertiary/aromatic N) is 1. The van der Waals surface area contributed by atoms with Gasteiger partial charge in [-0.05, 0) is 50.6 Å². The first-order valence-electron chi connectivity index (χ1n) is 7.26. The molecular weight excluding hydrogens is 238 g/mol. The standard InChI is InChI=1S/C15H25N3O/c1-2-18(10-11-19)15-7-5-13(6-8-15)17-14-4-3-9-16-12-14/h5-8,14,16-17,19H,2-4,9-12H2,1H3. The smallest absolute Gasteiger partial charge is 0.0606 e. The van der Waals surface area contributed by atoms with Gasteiger partial charge in [-0.2, -0.15) is 0 Å². The zero-order chi connectivity index (χ0) is 13.5. The summed E-state index contributed by atoms with van der Waals surface area (Å²) in [7, 11) is 0. The number of anilines is 2. The molecule has 0 aliphatic carbocycles. The van der Waals surface area contributed by atoms with Crippen molar-refractivity contribution in [2.24, 2.45) is 0 Å². The van der Waals surface area contributed by atoms with Crippen LogP contribution in [0.25, 0.3) is 0 Å². The van der Waals surface area contributed by atoms with Crippen LogP contribution in [0.3, 0.4) is 0 Å². The minimum atomic E-state index is 0.196. The third-order valence-corrected chi connectivity index (χ3v) is 3.65. The highest BCUT2D eigenvalue weighted by Gasteiger charge is 2.12. The average molecular weight is 263 g/mol. The summed E-state index contributed by atoms with van der Waals surface area (Å²) < 4.78 is 0. The van der Waals surface area contributed by atoms with Crippen LogP contribution in [0.5, 0.6) is 0 Å². The number of piperidine rings is 1. The van der Waals surface area contributed by atoms with Crippen LogP contribution >= 0.6 is 0 Å². The first-order chi connectivity index (χ1) is 9.33. The fraction of sp³-hybridized carbons (Fsp3) is 0.600. The Kier molecular flexibility index (Phi) is 5.48. The van der Waals surface area contributed by atoms with Gasteiger partial charge in [0.05, 0.1) is 6.61 Å². The summed E-state index contributed by atoms with van der Waals surface area (Å²) in [6.07, 6.45) is 2.48. The Hall–Kier alpha value is -1.26. The molecule has 1 fully saturated rings. The van der Waals surface area contributed by atoms with Crippen LogP contribution in [0.1, 0.15) is 19.8 Å². The lowest BCUT2D eigenvalue weighted by molar-refractivity contribution is 0.302. The van der Waals surface area contributed by atoms with E-state index in [4.69, 9.17) is 5.11 Å². The maximum absolute atomic E-state index is 9.04. The number of nitrogens with one attached hydrogen (secondary N) is 2. The zero-order valence-electron chi connectivity index (χ0n) is 11.7. The van der Waals surface area contributed by atoms with Gasteiger partial charge in [0.1, 0.15) is 0 Å². The molecule has 1 saturated heterocycles. The molecule has 3 N–H and O–H groups in total. The predicted octanol–water partition coefficient (Wildman–Crippen LogP) is 1.67. The molecule has 0 bridgehead atoms. The topological polar surface area (TPSA) is 47.5 Å². The summed E-state index contributed by atoms with van der Waals surface area (Å²) in [5.41, 5.74) is 2.35. The van der Waals surface area contributed by atoms with E-state index in [9.17, 15) is 0 Å². The second kappa shape index (κ2) is 7.36. The summed E-state index contributed by atoms with van der Waals surface area (Å²) in [4.78, 5) is 2.17. The van der Waals surface area contributed by atoms with Crippen molar-refractivity contribution < 1.29 is 5.11 Å². The van der Waals surface area contributed by atoms with Gasteiger partial charge in [-0.25, -0.2) is 0 Å². The number of aliphatic hydroxyl groups is 1. The number of aliphatic hydroxyl groups excluding tert-OH is 1. The molecule has 4 nitrogen and oxygen atoms in total. The van der Waals surface area contributed by atoms with Crippen molar-refractivity contribution in [2.75, 3.05) is 43.0 Å². The van der Waals surface area contributed by atoms with Crippen molar-refractivity contribution in [3.8, 4) is 0 Å². The Morgan fingerprint density at radius 1 is 1.37 bits per heavy atom. The third-order valence-electron chi connectivity index (χ3n) is 3.65. The normalized spacial score (nSPS) is 19.2. The van der Waals surface area contributed by atoms with Gasteiger partial charge in [-0.3, -0.25) is 0 Å². The Morgan fingerprint density at radius 3 is 2.74 bits per heavy atom. The van der Waals surface area contributed by atoms with Gasteiger partial charge in [0.25, 0.3) is 0 Å². The Balaban J connectivity index is 1.93. The van der Waals surface area contributed by atoms with Crippen LogP contribution in [0, 0.1) is 0 Å². The molecule has 0 radical (unpaired) electrons. The second-order valence-electron chi connectivity index (χ2n) is 5.04. The second-order valence-corrected chi connectivity index (χ2v) is 5.04. The summed E-state index contributed by atoms with van der Waals surface area (Å²) in [5.74, 6) is 0. The molecule has 0 saturated carbocycles. The number of hydrogen-bond acceptors (Lipinski definition) is 4. The minimum absolute atomic E-state index is 0.196. The fourth-order valence-corrected chi connectivity index (χ4v) is 2.57. The van der Waals surface area contributed by atoms with Gasteiger partial charge < -0.3 is 20.6 Å². The molecule has 1 aliphatic heterocycles. The van der Waals surface area contributed by atoms with Crippen molar-refractivity contribution in [1.29, 1.82) is 0 Å². The molecule has 2 rings (SSSR count). The molecule has 4 heteroatoms. The monoisotopic (exact) mass is 263 g/mol. The number of hydrogen-bond donors (Lipinski definition) is 3. The van der Waals surface area contributed by atoms with Gasteiger partial charge in [-0.1, -0.05) is 0 Å². The van der Waals surface area contributed by atoms with Gasteiger partial charge >= 0.3 is 0 Å². The molecule has 0 amide bonds. The fourth-order valence-electron chi connectivity index (χ4n) is 2.57. The molecular formula is C15H25N3O. The first-order valence-corrected chi connectivity index (χ1v) is 7.26. The van der Waals surface area contributed by atoms with Crippen molar-refractivity contribution >= 4 is 11.4 Å². The third kappa shape index (κ3) is 4.11. The van der Waals surface area contributed by atoms with Crippen molar-refractivity contribution in [2.45, 2.75) is 25.8 Å². The molecule has 1 aromatic rings. The molecule has 0 aromatic heterocycles. The van der Waals surface area contributed by atoms with Crippen molar-refractivity contribution in [3.05, 3.63) is 24.3 Å². The van der Waals surface area contributed by atoms with Crippen molar-refractivity contribution in [3.63, 3.8) is 0 Å². The van der Waals surface area contributed by atoms with Crippen molar-refractivity contribution in [1.82, 2.24) is 5.32 Å². The van der Waals surface area contributed by atoms with Crippen LogP contribution in [-0.4, -0.2) is 43.9 Å². The lowest BCUT2D eigenvalue weighted by Crippen LogP contribution is -2.38. The molecule has 1 aliphatic rings. The van der Waals surface area contributed by atoms with Crippen LogP contribution in [0.15, 0.2) is 24.3 Å². The lowest BCUT2D eigenvalue weighted by atomic mass is 10.1. The summed E-state index contributed by atoms with van der Waals surface area (Å²) in [5, 5.41) is 16.0. The SMILES string of the molecule is CCN(CCO)c1ccc(NC2CCCNC2)cc1. The van der Waals surface area contributed by atoms with Gasteiger partial charge in [0.2, 0.25) is 0 Å². The number of likely N-dealkylation sites (N-methyl/N-ethyl adjacent to an activating group) is 1. The predicted molar refractivity (Wildman–Crippen MR) is 80.9 cm³/mol. The van der Waals surface area contributed by atoms with E-state index >= 15 is 0 Å². The molecule has 1 aromatic carbocycles. The minimum Gasteiger partial charge on any atom is -0.395 e. The maximum Gasteiger partial charge on any atom is 0.0606 e. The van der Waals surface area contributed by atoms with E-state index in [2.05, 4.69) is 46.7 Å². The molecule has 1 unspecified atom stereocenters. The Labute approximate surface area is 115 Å².